The van der Waals surface area contributed by atoms with Gasteiger partial charge in [0, 0.05) is 45.8 Å². The summed E-state index contributed by atoms with van der Waals surface area (Å²) in [6.07, 6.45) is 6.27. The van der Waals surface area contributed by atoms with Crippen molar-refractivity contribution in [2.75, 3.05) is 46.3 Å². The van der Waals surface area contributed by atoms with Gasteiger partial charge in [0.2, 0.25) is 0 Å². The third kappa shape index (κ3) is 3.24. The molecule has 0 bridgehead atoms. The predicted molar refractivity (Wildman–Crippen MR) is 98.3 cm³/mol. The van der Waals surface area contributed by atoms with Gasteiger partial charge in [0.25, 0.3) is 11.8 Å². The molecule has 0 aromatic carbocycles. The molecular formula is C19H29N5O2. The van der Waals surface area contributed by atoms with Gasteiger partial charge in [0.05, 0.1) is 5.69 Å². The fraction of sp³-hybridized carbons (Fsp3) is 0.737. The van der Waals surface area contributed by atoms with Gasteiger partial charge in [-0.05, 0) is 45.6 Å². The molecule has 142 valence electrons. The van der Waals surface area contributed by atoms with E-state index in [4.69, 9.17) is 0 Å². The largest absolute Gasteiger partial charge is 0.336 e. The summed E-state index contributed by atoms with van der Waals surface area (Å²) >= 11 is 0. The van der Waals surface area contributed by atoms with Crippen LogP contribution in [-0.4, -0.2) is 82.4 Å². The number of likely N-dealkylation sites (tertiary alicyclic amines) is 1. The van der Waals surface area contributed by atoms with Crippen molar-refractivity contribution in [3.63, 3.8) is 0 Å². The Kier molecular flexibility index (Phi) is 4.98. The molecule has 0 aliphatic carbocycles. The van der Waals surface area contributed by atoms with Crippen molar-refractivity contribution in [1.82, 2.24) is 24.3 Å². The van der Waals surface area contributed by atoms with Crippen LogP contribution in [0, 0.1) is 0 Å². The molecule has 0 saturated carbocycles. The Morgan fingerprint density at radius 3 is 2.15 bits per heavy atom. The third-order valence-corrected chi connectivity index (χ3v) is 5.95. The molecule has 0 N–H and O–H groups in total. The van der Waals surface area contributed by atoms with Crippen LogP contribution < -0.4 is 0 Å². The van der Waals surface area contributed by atoms with E-state index in [9.17, 15) is 9.59 Å². The number of hydrogen-bond acceptors (Lipinski definition) is 4. The second-order valence-electron chi connectivity index (χ2n) is 7.79. The Morgan fingerprint density at radius 1 is 0.769 bits per heavy atom. The Hall–Kier alpha value is -1.89. The maximum atomic E-state index is 13.1. The van der Waals surface area contributed by atoms with Crippen LogP contribution in [0.1, 0.15) is 58.9 Å². The van der Waals surface area contributed by atoms with Crippen LogP contribution in [0.3, 0.4) is 0 Å². The van der Waals surface area contributed by atoms with Crippen molar-refractivity contribution in [1.29, 1.82) is 0 Å². The normalized spacial score (nSPS) is 21.6. The van der Waals surface area contributed by atoms with Crippen molar-refractivity contribution in [2.45, 2.75) is 45.1 Å². The van der Waals surface area contributed by atoms with Crippen LogP contribution in [0.15, 0.2) is 0 Å². The van der Waals surface area contributed by atoms with Gasteiger partial charge in [-0.3, -0.25) is 9.59 Å². The number of hydrogen-bond donors (Lipinski definition) is 0. The molecule has 1 aromatic rings. The predicted octanol–water partition coefficient (Wildman–Crippen LogP) is 1.23. The Bertz CT molecular complexity index is 684. The van der Waals surface area contributed by atoms with Crippen molar-refractivity contribution in [2.24, 2.45) is 0 Å². The first-order valence-corrected chi connectivity index (χ1v) is 10.0. The molecule has 0 spiro atoms. The van der Waals surface area contributed by atoms with E-state index >= 15 is 0 Å². The van der Waals surface area contributed by atoms with E-state index in [0.29, 0.717) is 11.5 Å². The van der Waals surface area contributed by atoms with E-state index in [-0.39, 0.29) is 11.8 Å². The molecule has 2 saturated heterocycles. The Morgan fingerprint density at radius 2 is 1.42 bits per heavy atom. The lowest BCUT2D eigenvalue weighted by molar-refractivity contribution is 0.0657. The molecule has 7 heteroatoms. The monoisotopic (exact) mass is 359 g/mol. The van der Waals surface area contributed by atoms with Crippen LogP contribution in [-0.2, 0) is 13.0 Å². The molecule has 0 radical (unpaired) electrons. The molecule has 3 aliphatic heterocycles. The SMILES string of the molecule is CN1CCN(C(=O)c2nc(C(=O)N3CCCCC3)n3c2CCCC3)CC1. The highest BCUT2D eigenvalue weighted by Crippen LogP contribution is 2.24. The van der Waals surface area contributed by atoms with Gasteiger partial charge in [0.1, 0.15) is 5.69 Å². The third-order valence-electron chi connectivity index (χ3n) is 5.95. The van der Waals surface area contributed by atoms with Crippen LogP contribution in [0.2, 0.25) is 0 Å². The molecule has 1 aromatic heterocycles. The number of aromatic nitrogens is 2. The standard InChI is InChI=1S/C19H29N5O2/c1-21-11-13-23(14-12-21)18(25)16-15-7-3-6-10-24(15)17(20-16)19(26)22-8-4-2-5-9-22/h2-14H2,1H3. The number of carbonyl (C=O) groups is 2. The van der Waals surface area contributed by atoms with Gasteiger partial charge in [0.15, 0.2) is 5.82 Å². The summed E-state index contributed by atoms with van der Waals surface area (Å²) < 4.78 is 2.03. The highest BCUT2D eigenvalue weighted by Gasteiger charge is 2.32. The number of imidazole rings is 1. The zero-order valence-electron chi connectivity index (χ0n) is 15.7. The Labute approximate surface area is 154 Å². The first kappa shape index (κ1) is 17.5. The quantitative estimate of drug-likeness (QED) is 0.797. The first-order valence-electron chi connectivity index (χ1n) is 10.0. The summed E-state index contributed by atoms with van der Waals surface area (Å²) in [7, 11) is 2.08. The molecular weight excluding hydrogens is 330 g/mol. The minimum absolute atomic E-state index is 0.00134. The smallest absolute Gasteiger partial charge is 0.289 e. The number of amides is 2. The molecule has 4 rings (SSSR count). The molecule has 4 heterocycles. The number of piperazine rings is 1. The number of nitrogens with zero attached hydrogens (tertiary/aromatic N) is 5. The molecule has 2 amide bonds. The van der Waals surface area contributed by atoms with E-state index in [2.05, 4.69) is 16.9 Å². The van der Waals surface area contributed by atoms with Gasteiger partial charge in [-0.25, -0.2) is 4.98 Å². The molecule has 3 aliphatic rings. The molecule has 0 atom stereocenters. The van der Waals surface area contributed by atoms with E-state index in [1.807, 2.05) is 14.4 Å². The Balaban J connectivity index is 1.62. The van der Waals surface area contributed by atoms with Crippen molar-refractivity contribution < 1.29 is 9.59 Å². The van der Waals surface area contributed by atoms with Gasteiger partial charge < -0.3 is 19.3 Å². The summed E-state index contributed by atoms with van der Waals surface area (Å²) in [6, 6.07) is 0. The lowest BCUT2D eigenvalue weighted by Gasteiger charge is -2.32. The molecule has 2 fully saturated rings. The van der Waals surface area contributed by atoms with E-state index in [1.54, 1.807) is 0 Å². The summed E-state index contributed by atoms with van der Waals surface area (Å²) in [4.78, 5) is 36.8. The summed E-state index contributed by atoms with van der Waals surface area (Å²) in [5.74, 6) is 0.491. The lowest BCUT2D eigenvalue weighted by Crippen LogP contribution is -2.47. The van der Waals surface area contributed by atoms with Crippen LogP contribution in [0.4, 0.5) is 0 Å². The van der Waals surface area contributed by atoms with E-state index < -0.39 is 0 Å². The topological polar surface area (TPSA) is 61.7 Å². The number of rotatable bonds is 2. The minimum atomic E-state index is 0.00134. The average Bonchev–Trinajstić information content (AvgIpc) is 3.08. The second kappa shape index (κ2) is 7.39. The van der Waals surface area contributed by atoms with Crippen molar-refractivity contribution >= 4 is 11.8 Å². The average molecular weight is 359 g/mol. The maximum Gasteiger partial charge on any atom is 0.289 e. The number of piperidine rings is 1. The van der Waals surface area contributed by atoms with Crippen molar-refractivity contribution in [3.05, 3.63) is 17.2 Å². The van der Waals surface area contributed by atoms with Gasteiger partial charge in [-0.1, -0.05) is 0 Å². The van der Waals surface area contributed by atoms with Gasteiger partial charge >= 0.3 is 0 Å². The fourth-order valence-corrected chi connectivity index (χ4v) is 4.28. The highest BCUT2D eigenvalue weighted by atomic mass is 16.2. The summed E-state index contributed by atoms with van der Waals surface area (Å²) in [6.45, 7) is 5.66. The second-order valence-corrected chi connectivity index (χ2v) is 7.79. The zero-order valence-corrected chi connectivity index (χ0v) is 15.7. The fourth-order valence-electron chi connectivity index (χ4n) is 4.28. The van der Waals surface area contributed by atoms with Crippen LogP contribution >= 0.6 is 0 Å². The number of fused-ring (bicyclic) bond motifs is 1. The first-order chi connectivity index (χ1) is 12.6. The minimum Gasteiger partial charge on any atom is -0.336 e. The summed E-state index contributed by atoms with van der Waals surface area (Å²) in [5.41, 5.74) is 1.50. The molecule has 7 nitrogen and oxygen atoms in total. The summed E-state index contributed by atoms with van der Waals surface area (Å²) in [5, 5.41) is 0. The van der Waals surface area contributed by atoms with Gasteiger partial charge in [-0.15, -0.1) is 0 Å². The van der Waals surface area contributed by atoms with E-state index in [1.165, 1.54) is 6.42 Å². The number of likely N-dealkylation sites (N-methyl/N-ethyl adjacent to an activating group) is 1. The van der Waals surface area contributed by atoms with E-state index in [0.717, 1.165) is 83.6 Å². The van der Waals surface area contributed by atoms with Crippen LogP contribution in [0.5, 0.6) is 0 Å². The zero-order chi connectivity index (χ0) is 18.1. The molecule has 0 unspecified atom stereocenters. The van der Waals surface area contributed by atoms with Crippen molar-refractivity contribution in [3.8, 4) is 0 Å². The maximum absolute atomic E-state index is 13.1. The van der Waals surface area contributed by atoms with Gasteiger partial charge in [-0.2, -0.15) is 0 Å². The molecule has 26 heavy (non-hydrogen) atoms. The number of carbonyl (C=O) groups excluding carboxylic acids is 2. The highest BCUT2D eigenvalue weighted by molar-refractivity contribution is 5.97. The van der Waals surface area contributed by atoms with Crippen LogP contribution in [0.25, 0.3) is 0 Å². The lowest BCUT2D eigenvalue weighted by atomic mass is 10.1.